The van der Waals surface area contributed by atoms with Gasteiger partial charge in [0, 0.05) is 19.3 Å². The van der Waals surface area contributed by atoms with Crippen molar-refractivity contribution >= 4 is 0 Å². The van der Waals surface area contributed by atoms with Crippen LogP contribution in [0.2, 0.25) is 0 Å². The smallest absolute Gasteiger partial charge is 0.312 e. The van der Waals surface area contributed by atoms with Crippen LogP contribution in [0, 0.1) is 17.8 Å². The van der Waals surface area contributed by atoms with E-state index in [0.29, 0.717) is 26.2 Å². The summed E-state index contributed by atoms with van der Waals surface area (Å²) in [4.78, 5) is 0. The minimum Gasteiger partial charge on any atom is -0.323 e. The second-order valence-electron chi connectivity index (χ2n) is 5.14. The van der Waals surface area contributed by atoms with Crippen molar-refractivity contribution in [1.82, 2.24) is 0 Å². The third kappa shape index (κ3) is 2.06. The predicted molar refractivity (Wildman–Crippen MR) is 71.3 cm³/mol. The molecule has 1 unspecified atom stereocenters. The van der Waals surface area contributed by atoms with Crippen molar-refractivity contribution in [1.29, 1.82) is 0 Å². The summed E-state index contributed by atoms with van der Waals surface area (Å²) in [5.41, 5.74) is 1.29. The van der Waals surface area contributed by atoms with Crippen LogP contribution in [0.1, 0.15) is 33.6 Å². The number of terminal acetylenes is 1. The van der Waals surface area contributed by atoms with Crippen LogP contribution in [0.15, 0.2) is 24.3 Å². The van der Waals surface area contributed by atoms with Gasteiger partial charge in [0.15, 0.2) is 0 Å². The van der Waals surface area contributed by atoms with Gasteiger partial charge in [0.2, 0.25) is 0 Å². The zero-order valence-corrected chi connectivity index (χ0v) is 10.7. The van der Waals surface area contributed by atoms with Crippen molar-refractivity contribution in [2.75, 3.05) is 19.8 Å². The first-order valence-corrected chi connectivity index (χ1v) is 6.32. The Bertz CT molecular complexity index is 525. The van der Waals surface area contributed by atoms with Gasteiger partial charge in [-0.2, -0.15) is 0 Å². The van der Waals surface area contributed by atoms with Gasteiger partial charge >= 0.3 is 5.97 Å². The maximum atomic E-state index is 7.79. The van der Waals surface area contributed by atoms with Crippen LogP contribution < -0.4 is 0 Å². The van der Waals surface area contributed by atoms with Crippen molar-refractivity contribution < 1.29 is 17.0 Å². The van der Waals surface area contributed by atoms with Crippen LogP contribution in [0.4, 0.5) is 0 Å². The molecule has 4 rings (SSSR count). The lowest BCUT2D eigenvalue weighted by molar-refractivity contribution is -0.480. The standard InChI is InChI=1S/C16H18O3/c1-3-9-15-10-17-16(18-11-15,19-12-15)14-7-5-13(4-2)6-8-14/h2,5-8H,3,9-12H2,1H3/i1T,3T. The number of hydrogen-bond donors (Lipinski definition) is 0. The van der Waals surface area contributed by atoms with Crippen molar-refractivity contribution in [3.63, 3.8) is 0 Å². The lowest BCUT2D eigenvalue weighted by Gasteiger charge is -2.51. The maximum absolute atomic E-state index is 7.79. The number of hydrogen-bond acceptors (Lipinski definition) is 3. The van der Waals surface area contributed by atoms with Crippen LogP contribution >= 0.6 is 0 Å². The van der Waals surface area contributed by atoms with E-state index in [1.54, 1.807) is 0 Å². The van der Waals surface area contributed by atoms with Gasteiger partial charge in [0.1, 0.15) is 0 Å². The first kappa shape index (κ1) is 10.4. The molecule has 19 heavy (non-hydrogen) atoms. The van der Waals surface area contributed by atoms with E-state index < -0.39 is 12.4 Å². The molecule has 0 N–H and O–H groups in total. The zero-order chi connectivity index (χ0) is 14.9. The summed E-state index contributed by atoms with van der Waals surface area (Å²) in [6.07, 6.45) is 5.48. The van der Waals surface area contributed by atoms with Crippen LogP contribution in [0.5, 0.6) is 0 Å². The molecule has 0 spiro atoms. The molecule has 3 fully saturated rings. The van der Waals surface area contributed by atoms with E-state index in [0.717, 1.165) is 11.1 Å². The molecule has 3 nitrogen and oxygen atoms in total. The monoisotopic (exact) mass is 262 g/mol. The lowest BCUT2D eigenvalue weighted by Crippen LogP contribution is -2.58. The average molecular weight is 262 g/mol. The highest BCUT2D eigenvalue weighted by Crippen LogP contribution is 2.46. The highest BCUT2D eigenvalue weighted by Gasteiger charge is 2.53. The first-order chi connectivity index (χ1) is 10.1. The maximum Gasteiger partial charge on any atom is 0.312 e. The molecule has 0 saturated carbocycles. The molecule has 3 aliphatic rings. The van der Waals surface area contributed by atoms with Gasteiger partial charge in [-0.25, -0.2) is 0 Å². The summed E-state index contributed by atoms with van der Waals surface area (Å²) >= 11 is 0. The number of benzene rings is 1. The molecular formula is C16H18O3. The zero-order valence-electron chi connectivity index (χ0n) is 12.7. The second kappa shape index (κ2) is 4.64. The molecule has 3 aliphatic heterocycles. The summed E-state index contributed by atoms with van der Waals surface area (Å²) in [6.45, 7) is 1.54. The Morgan fingerprint density at radius 1 is 1.26 bits per heavy atom. The predicted octanol–water partition coefficient (Wildman–Crippen LogP) is 2.64. The fourth-order valence-corrected chi connectivity index (χ4v) is 2.50. The van der Waals surface area contributed by atoms with Gasteiger partial charge in [-0.1, -0.05) is 19.2 Å². The number of rotatable bonds is 3. The minimum absolute atomic E-state index is 0.0838. The fraction of sp³-hybridized carbons (Fsp3) is 0.500. The highest BCUT2D eigenvalue weighted by atomic mass is 16.9. The van der Waals surface area contributed by atoms with Gasteiger partial charge in [0.25, 0.3) is 0 Å². The molecule has 0 amide bonds. The third-order valence-electron chi connectivity index (χ3n) is 3.69. The summed E-state index contributed by atoms with van der Waals surface area (Å²) in [6, 6.07) is 7.36. The SMILES string of the molecule is [3H]CC([3H])CC12COC(c3ccc(C#C)cc3)(OC1)OC2. The topological polar surface area (TPSA) is 27.7 Å². The Kier molecular flexibility index (Phi) is 2.55. The Morgan fingerprint density at radius 3 is 2.42 bits per heavy atom. The van der Waals surface area contributed by atoms with Crippen molar-refractivity contribution in [3.05, 3.63) is 35.4 Å². The summed E-state index contributed by atoms with van der Waals surface area (Å²) in [5.74, 6) is 1.43. The van der Waals surface area contributed by atoms with E-state index in [2.05, 4.69) is 5.92 Å². The van der Waals surface area contributed by atoms with Crippen LogP contribution in [0.25, 0.3) is 0 Å². The quantitative estimate of drug-likeness (QED) is 0.784. The van der Waals surface area contributed by atoms with Gasteiger partial charge < -0.3 is 14.2 Å². The molecule has 2 bridgehead atoms. The minimum atomic E-state index is -1.15. The number of fused-ring (bicyclic) bond motifs is 3. The molecule has 100 valence electrons. The fourth-order valence-electron chi connectivity index (χ4n) is 2.50. The first-order valence-electron chi connectivity index (χ1n) is 7.60. The molecule has 1 aromatic carbocycles. The van der Waals surface area contributed by atoms with Crippen molar-refractivity contribution in [2.45, 2.75) is 25.7 Å². The Hall–Kier alpha value is -1.34. The van der Waals surface area contributed by atoms with Gasteiger partial charge in [-0.05, 0) is 30.7 Å². The molecular weight excluding hydrogens is 240 g/mol. The van der Waals surface area contributed by atoms with Gasteiger partial charge in [0.05, 0.1) is 19.8 Å². The Balaban J connectivity index is 1.75. The summed E-state index contributed by atoms with van der Waals surface area (Å²) in [5, 5.41) is 0. The largest absolute Gasteiger partial charge is 0.323 e. The Labute approximate surface area is 116 Å². The Morgan fingerprint density at radius 2 is 1.89 bits per heavy atom. The van der Waals surface area contributed by atoms with E-state index in [1.807, 2.05) is 24.3 Å². The molecule has 1 aromatic rings. The molecule has 1 atom stereocenters. The van der Waals surface area contributed by atoms with Crippen LogP contribution in [0.3, 0.4) is 0 Å². The summed E-state index contributed by atoms with van der Waals surface area (Å²) in [7, 11) is 0. The van der Waals surface area contributed by atoms with Gasteiger partial charge in [-0.15, -0.1) is 6.42 Å². The van der Waals surface area contributed by atoms with E-state index in [1.165, 1.54) is 0 Å². The normalized spacial score (nSPS) is 36.2. The van der Waals surface area contributed by atoms with Gasteiger partial charge in [-0.3, -0.25) is 0 Å². The van der Waals surface area contributed by atoms with Crippen molar-refractivity contribution in [3.8, 4) is 12.3 Å². The molecule has 3 heterocycles. The molecule has 3 saturated heterocycles. The second-order valence-corrected chi connectivity index (χ2v) is 5.14. The average Bonchev–Trinajstić information content (AvgIpc) is 2.56. The molecule has 3 heteroatoms. The van der Waals surface area contributed by atoms with E-state index >= 15 is 0 Å². The molecule has 0 aromatic heterocycles. The summed E-state index contributed by atoms with van der Waals surface area (Å²) < 4.78 is 32.6. The lowest BCUT2D eigenvalue weighted by atomic mass is 9.83. The number of ether oxygens (including phenoxy) is 3. The third-order valence-corrected chi connectivity index (χ3v) is 3.69. The van der Waals surface area contributed by atoms with Crippen molar-refractivity contribution in [2.24, 2.45) is 5.41 Å². The van der Waals surface area contributed by atoms with Crippen LogP contribution in [-0.4, -0.2) is 19.8 Å². The molecule has 0 radical (unpaired) electrons. The van der Waals surface area contributed by atoms with E-state index in [-0.39, 0.29) is 12.3 Å². The molecule has 0 aliphatic carbocycles. The highest BCUT2D eigenvalue weighted by molar-refractivity contribution is 5.35. The van der Waals surface area contributed by atoms with Crippen LogP contribution in [-0.2, 0) is 20.2 Å². The van der Waals surface area contributed by atoms with E-state index in [4.69, 9.17) is 23.4 Å². The van der Waals surface area contributed by atoms with E-state index in [9.17, 15) is 0 Å².